The molecule has 2 N–H and O–H groups in total. The van der Waals surface area contributed by atoms with Crippen molar-refractivity contribution in [3.05, 3.63) is 66.2 Å². The van der Waals surface area contributed by atoms with Crippen LogP contribution in [-0.2, 0) is 11.3 Å². The molecule has 0 bridgehead atoms. The number of ether oxygens (including phenoxy) is 2. The summed E-state index contributed by atoms with van der Waals surface area (Å²) in [6.45, 7) is 2.54. The van der Waals surface area contributed by atoms with E-state index in [0.29, 0.717) is 6.54 Å². The molecule has 0 saturated heterocycles. The zero-order valence-electron chi connectivity index (χ0n) is 14.5. The van der Waals surface area contributed by atoms with Crippen molar-refractivity contribution < 1.29 is 14.3 Å². The number of carbonyl (C=O) groups is 1. The van der Waals surface area contributed by atoms with Gasteiger partial charge < -0.3 is 20.1 Å². The van der Waals surface area contributed by atoms with Gasteiger partial charge in [-0.15, -0.1) is 0 Å². The fourth-order valence-corrected chi connectivity index (χ4v) is 2.99. The summed E-state index contributed by atoms with van der Waals surface area (Å²) in [7, 11) is 0. The maximum atomic E-state index is 12.4. The highest BCUT2D eigenvalue weighted by atomic mass is 16.7. The second-order valence-corrected chi connectivity index (χ2v) is 6.33. The van der Waals surface area contributed by atoms with Crippen molar-refractivity contribution in [2.24, 2.45) is 0 Å². The first-order valence-electron chi connectivity index (χ1n) is 8.60. The molecule has 26 heavy (non-hydrogen) atoms. The van der Waals surface area contributed by atoms with Crippen molar-refractivity contribution in [1.29, 1.82) is 0 Å². The van der Waals surface area contributed by atoms with Gasteiger partial charge >= 0.3 is 0 Å². The van der Waals surface area contributed by atoms with Crippen LogP contribution in [0, 0.1) is 0 Å². The van der Waals surface area contributed by atoms with Gasteiger partial charge in [0.05, 0.1) is 0 Å². The molecule has 5 heteroatoms. The quantitative estimate of drug-likeness (QED) is 0.738. The van der Waals surface area contributed by atoms with E-state index in [1.807, 2.05) is 43.3 Å². The van der Waals surface area contributed by atoms with Gasteiger partial charge in [0.25, 0.3) is 0 Å². The summed E-state index contributed by atoms with van der Waals surface area (Å²) in [6.07, 6.45) is 0. The third kappa shape index (κ3) is 3.42. The third-order valence-electron chi connectivity index (χ3n) is 4.43. The Labute approximate surface area is 151 Å². The maximum absolute atomic E-state index is 12.4. The van der Waals surface area contributed by atoms with E-state index in [0.717, 1.165) is 28.1 Å². The third-order valence-corrected chi connectivity index (χ3v) is 4.43. The Bertz CT molecular complexity index is 955. The van der Waals surface area contributed by atoms with Crippen molar-refractivity contribution in [2.45, 2.75) is 19.5 Å². The van der Waals surface area contributed by atoms with Crippen LogP contribution in [-0.4, -0.2) is 18.7 Å². The molecule has 1 heterocycles. The number of fused-ring (bicyclic) bond motifs is 2. The number of benzene rings is 3. The van der Waals surface area contributed by atoms with Gasteiger partial charge in [0.1, 0.15) is 6.04 Å². The molecule has 0 saturated carbocycles. The van der Waals surface area contributed by atoms with Crippen LogP contribution in [0.5, 0.6) is 11.5 Å². The molecule has 0 aliphatic carbocycles. The van der Waals surface area contributed by atoms with Gasteiger partial charge in [0.15, 0.2) is 11.5 Å². The lowest BCUT2D eigenvalue weighted by atomic mass is 10.1. The average Bonchev–Trinajstić information content (AvgIpc) is 3.13. The number of amides is 1. The minimum Gasteiger partial charge on any atom is -0.454 e. The van der Waals surface area contributed by atoms with Crippen LogP contribution in [0.15, 0.2) is 60.7 Å². The molecule has 4 rings (SSSR count). The molecule has 1 aliphatic heterocycles. The van der Waals surface area contributed by atoms with E-state index in [-0.39, 0.29) is 18.7 Å². The highest BCUT2D eigenvalue weighted by Crippen LogP contribution is 2.32. The summed E-state index contributed by atoms with van der Waals surface area (Å²) in [6, 6.07) is 19.6. The van der Waals surface area contributed by atoms with Gasteiger partial charge in [0, 0.05) is 12.2 Å². The van der Waals surface area contributed by atoms with Crippen molar-refractivity contribution in [1.82, 2.24) is 5.32 Å². The summed E-state index contributed by atoms with van der Waals surface area (Å²) in [5.41, 5.74) is 1.90. The number of nitrogens with one attached hydrogen (secondary N) is 2. The molecule has 1 aliphatic rings. The summed E-state index contributed by atoms with van der Waals surface area (Å²) >= 11 is 0. The van der Waals surface area contributed by atoms with Crippen molar-refractivity contribution in [3.63, 3.8) is 0 Å². The number of anilines is 1. The van der Waals surface area contributed by atoms with Gasteiger partial charge in [-0.25, -0.2) is 0 Å². The van der Waals surface area contributed by atoms with E-state index >= 15 is 0 Å². The van der Waals surface area contributed by atoms with Crippen molar-refractivity contribution >= 4 is 22.4 Å². The first-order valence-corrected chi connectivity index (χ1v) is 8.60. The summed E-state index contributed by atoms with van der Waals surface area (Å²) < 4.78 is 10.7. The molecule has 0 radical (unpaired) electrons. The van der Waals surface area contributed by atoms with Crippen LogP contribution in [0.4, 0.5) is 5.69 Å². The smallest absolute Gasteiger partial charge is 0.242 e. The van der Waals surface area contributed by atoms with Gasteiger partial charge in [0.2, 0.25) is 12.7 Å². The lowest BCUT2D eigenvalue weighted by Crippen LogP contribution is -2.37. The number of carbonyl (C=O) groups excluding carboxylic acids is 1. The monoisotopic (exact) mass is 348 g/mol. The fraction of sp³-hybridized carbons (Fsp3) is 0.190. The normalized spacial score (nSPS) is 13.4. The molecule has 132 valence electrons. The Morgan fingerprint density at radius 1 is 1.00 bits per heavy atom. The van der Waals surface area contributed by atoms with Crippen molar-refractivity contribution in [2.75, 3.05) is 12.1 Å². The molecule has 0 aromatic heterocycles. The van der Waals surface area contributed by atoms with Crippen molar-refractivity contribution in [3.8, 4) is 11.5 Å². The van der Waals surface area contributed by atoms with Gasteiger partial charge in [-0.3, -0.25) is 4.79 Å². The average molecular weight is 348 g/mol. The zero-order chi connectivity index (χ0) is 17.9. The molecule has 3 aromatic carbocycles. The lowest BCUT2D eigenvalue weighted by molar-refractivity contribution is -0.121. The Morgan fingerprint density at radius 3 is 2.69 bits per heavy atom. The topological polar surface area (TPSA) is 59.6 Å². The van der Waals surface area contributed by atoms with Gasteiger partial charge in [-0.1, -0.05) is 36.4 Å². The molecule has 1 atom stereocenters. The molecule has 1 amide bonds. The SMILES string of the molecule is C[C@H](Nc1ccc2ccccc2c1)C(=O)NCc1ccc2c(c1)OCO2. The van der Waals surface area contributed by atoms with E-state index in [4.69, 9.17) is 9.47 Å². The van der Waals surface area contributed by atoms with E-state index in [2.05, 4.69) is 34.9 Å². The highest BCUT2D eigenvalue weighted by Gasteiger charge is 2.15. The van der Waals surface area contributed by atoms with Crippen LogP contribution in [0.3, 0.4) is 0 Å². The Morgan fingerprint density at radius 2 is 1.81 bits per heavy atom. The standard InChI is InChI=1S/C21H20N2O3/c1-14(23-18-8-7-16-4-2-3-5-17(16)11-18)21(24)22-12-15-6-9-19-20(10-15)26-13-25-19/h2-11,14,23H,12-13H2,1H3,(H,22,24)/t14-/m0/s1. The van der Waals surface area contributed by atoms with Gasteiger partial charge in [-0.05, 0) is 47.5 Å². The molecular weight excluding hydrogens is 328 g/mol. The zero-order valence-corrected chi connectivity index (χ0v) is 14.5. The van der Waals surface area contributed by atoms with Crippen LogP contribution in [0.25, 0.3) is 10.8 Å². The Kier molecular flexibility index (Phi) is 4.35. The predicted octanol–water partition coefficient (Wildman–Crippen LogP) is 3.69. The fourth-order valence-electron chi connectivity index (χ4n) is 2.99. The van der Waals surface area contributed by atoms with Crippen LogP contribution >= 0.6 is 0 Å². The molecule has 5 nitrogen and oxygen atoms in total. The minimum absolute atomic E-state index is 0.0594. The first-order chi connectivity index (χ1) is 12.7. The largest absolute Gasteiger partial charge is 0.454 e. The maximum Gasteiger partial charge on any atom is 0.242 e. The molecular formula is C21H20N2O3. The van der Waals surface area contributed by atoms with E-state index < -0.39 is 0 Å². The Hall–Kier alpha value is -3.21. The molecule has 3 aromatic rings. The predicted molar refractivity (Wildman–Crippen MR) is 101 cm³/mol. The molecule has 0 fully saturated rings. The minimum atomic E-state index is -0.342. The summed E-state index contributed by atoms with van der Waals surface area (Å²) in [5.74, 6) is 1.40. The highest BCUT2D eigenvalue weighted by molar-refractivity contribution is 5.88. The number of rotatable bonds is 5. The second kappa shape index (κ2) is 6.96. The number of hydrogen-bond acceptors (Lipinski definition) is 4. The van der Waals surface area contributed by atoms with Crippen LogP contribution < -0.4 is 20.1 Å². The van der Waals surface area contributed by atoms with Gasteiger partial charge in [-0.2, -0.15) is 0 Å². The van der Waals surface area contributed by atoms with E-state index in [1.54, 1.807) is 0 Å². The van der Waals surface area contributed by atoms with Crippen LogP contribution in [0.1, 0.15) is 12.5 Å². The molecule has 0 spiro atoms. The van der Waals surface area contributed by atoms with E-state index in [1.165, 1.54) is 5.39 Å². The van der Waals surface area contributed by atoms with E-state index in [9.17, 15) is 4.79 Å². The lowest BCUT2D eigenvalue weighted by Gasteiger charge is -2.16. The second-order valence-electron chi connectivity index (χ2n) is 6.33. The number of hydrogen-bond donors (Lipinski definition) is 2. The summed E-state index contributed by atoms with van der Waals surface area (Å²) in [5, 5.41) is 8.53. The first kappa shape index (κ1) is 16.3. The Balaban J connectivity index is 1.36. The van der Waals surface area contributed by atoms with Crippen LogP contribution in [0.2, 0.25) is 0 Å². The summed E-state index contributed by atoms with van der Waals surface area (Å²) in [4.78, 5) is 12.4. The molecule has 0 unspecified atom stereocenters.